The standard InChI is InChI=1S/C26H25F3N4O4S/c1-4-16-10-15(3)11-18(12-16)36-8-9-37-20-7-6-17(14-21(20)35-5-2)13-19-22(30)33-25(31-23(19)34)38-24(32-33)26(27,28)29/h6-7,10-14,30H,4-5,8-9H2,1-3H3. The predicted molar refractivity (Wildman–Crippen MR) is 140 cm³/mol. The van der Waals surface area contributed by atoms with E-state index in [1.807, 2.05) is 19.1 Å². The van der Waals surface area contributed by atoms with Crippen LogP contribution in [0.2, 0.25) is 0 Å². The Morgan fingerprint density at radius 2 is 1.82 bits per heavy atom. The van der Waals surface area contributed by atoms with Crippen LogP contribution in [-0.4, -0.2) is 53.0 Å². The fraction of sp³-hybridized carbons (Fsp3) is 0.308. The number of aliphatic imine (C=N–C) groups is 1. The molecule has 2 aliphatic heterocycles. The number of fused-ring (bicyclic) bond motifs is 1. The number of carbonyl (C=O) groups is 1. The number of ether oxygens (including phenoxy) is 3. The summed E-state index contributed by atoms with van der Waals surface area (Å²) < 4.78 is 56.4. The molecule has 0 spiro atoms. The summed E-state index contributed by atoms with van der Waals surface area (Å²) >= 11 is 0.204. The average Bonchev–Trinajstić information content (AvgIpc) is 3.30. The molecule has 0 unspecified atom stereocenters. The maximum atomic E-state index is 13.0. The molecule has 0 atom stereocenters. The topological polar surface area (TPSA) is 96.6 Å². The highest BCUT2D eigenvalue weighted by molar-refractivity contribution is 8.27. The van der Waals surface area contributed by atoms with Gasteiger partial charge in [-0.15, -0.1) is 0 Å². The van der Waals surface area contributed by atoms with Crippen molar-refractivity contribution in [3.63, 3.8) is 0 Å². The zero-order chi connectivity index (χ0) is 27.4. The molecular formula is C26H25F3N4O4S. The fourth-order valence-electron chi connectivity index (χ4n) is 3.70. The minimum atomic E-state index is -4.70. The second kappa shape index (κ2) is 11.3. The lowest BCUT2D eigenvalue weighted by atomic mass is 10.1. The van der Waals surface area contributed by atoms with Crippen LogP contribution < -0.4 is 14.2 Å². The Morgan fingerprint density at radius 3 is 2.53 bits per heavy atom. The molecule has 2 aromatic carbocycles. The molecular weight excluding hydrogens is 521 g/mol. The smallest absolute Gasteiger partial charge is 0.441 e. The molecule has 0 saturated carbocycles. The number of hydrogen-bond acceptors (Lipinski definition) is 7. The van der Waals surface area contributed by atoms with E-state index in [1.165, 1.54) is 11.6 Å². The fourth-order valence-corrected chi connectivity index (χ4v) is 4.46. The minimum Gasteiger partial charge on any atom is -0.490 e. The first kappa shape index (κ1) is 27.2. The number of amidine groups is 2. The average molecular weight is 547 g/mol. The van der Waals surface area contributed by atoms with Crippen molar-refractivity contribution in [3.05, 3.63) is 58.7 Å². The van der Waals surface area contributed by atoms with Crippen molar-refractivity contribution in [2.45, 2.75) is 33.4 Å². The molecule has 4 rings (SSSR count). The van der Waals surface area contributed by atoms with Gasteiger partial charge in [0, 0.05) is 0 Å². The first-order valence-electron chi connectivity index (χ1n) is 11.8. The van der Waals surface area contributed by atoms with Crippen molar-refractivity contribution in [1.82, 2.24) is 5.01 Å². The highest BCUT2D eigenvalue weighted by Gasteiger charge is 2.46. The maximum absolute atomic E-state index is 13.0. The molecule has 1 N–H and O–H groups in total. The van der Waals surface area contributed by atoms with Gasteiger partial charge in [-0.2, -0.15) is 28.3 Å². The minimum absolute atomic E-state index is 0.198. The highest BCUT2D eigenvalue weighted by Crippen LogP contribution is 2.36. The molecule has 8 nitrogen and oxygen atoms in total. The molecule has 200 valence electrons. The van der Waals surface area contributed by atoms with Gasteiger partial charge in [0.2, 0.25) is 10.2 Å². The number of carbonyl (C=O) groups excluding carboxylic acids is 1. The van der Waals surface area contributed by atoms with Crippen LogP contribution in [0.1, 0.15) is 30.5 Å². The van der Waals surface area contributed by atoms with E-state index in [0.717, 1.165) is 17.7 Å². The lowest BCUT2D eigenvalue weighted by Gasteiger charge is -2.20. The summed E-state index contributed by atoms with van der Waals surface area (Å²) in [6, 6.07) is 11.0. The van der Waals surface area contributed by atoms with Crippen molar-refractivity contribution in [2.24, 2.45) is 10.1 Å². The number of rotatable bonds is 9. The number of nitrogens with one attached hydrogen (secondary N) is 1. The van der Waals surface area contributed by atoms with E-state index in [4.69, 9.17) is 19.6 Å². The summed E-state index contributed by atoms with van der Waals surface area (Å²) in [5.41, 5.74) is 2.58. The number of alkyl halides is 3. The Morgan fingerprint density at radius 1 is 1.05 bits per heavy atom. The Bertz CT molecular complexity index is 1350. The van der Waals surface area contributed by atoms with E-state index in [0.29, 0.717) is 35.3 Å². The van der Waals surface area contributed by atoms with Crippen LogP contribution in [0, 0.1) is 12.3 Å². The quantitative estimate of drug-likeness (QED) is 0.325. The van der Waals surface area contributed by atoms with Crippen molar-refractivity contribution in [3.8, 4) is 17.2 Å². The normalized spacial score (nSPS) is 16.4. The number of amides is 1. The Hall–Kier alpha value is -3.80. The maximum Gasteiger partial charge on any atom is 0.441 e. The Kier molecular flexibility index (Phi) is 8.10. The SMILES string of the molecule is CCOc1cc(C=C2C(=N)N3N=C(C(F)(F)F)SC3=NC2=O)ccc1OCCOc1cc(C)cc(CC)c1. The summed E-state index contributed by atoms with van der Waals surface area (Å²) in [4.78, 5) is 16.2. The zero-order valence-corrected chi connectivity index (χ0v) is 21.7. The summed E-state index contributed by atoms with van der Waals surface area (Å²) in [6.07, 6.45) is -2.44. The molecule has 0 bridgehead atoms. The zero-order valence-electron chi connectivity index (χ0n) is 20.9. The third-order valence-corrected chi connectivity index (χ3v) is 6.36. The van der Waals surface area contributed by atoms with Gasteiger partial charge in [-0.25, -0.2) is 0 Å². The molecule has 0 aromatic heterocycles. The van der Waals surface area contributed by atoms with E-state index >= 15 is 0 Å². The van der Waals surface area contributed by atoms with Gasteiger partial charge in [0.1, 0.15) is 19.0 Å². The summed E-state index contributed by atoms with van der Waals surface area (Å²) in [7, 11) is 0. The van der Waals surface area contributed by atoms with Crippen LogP contribution >= 0.6 is 11.8 Å². The van der Waals surface area contributed by atoms with Crippen LogP contribution in [0.4, 0.5) is 13.2 Å². The van der Waals surface area contributed by atoms with Crippen LogP contribution in [0.5, 0.6) is 17.2 Å². The number of aryl methyl sites for hydroxylation is 2. The van der Waals surface area contributed by atoms with Gasteiger partial charge in [-0.1, -0.05) is 19.1 Å². The monoisotopic (exact) mass is 546 g/mol. The van der Waals surface area contributed by atoms with Crippen LogP contribution in [-0.2, 0) is 11.2 Å². The van der Waals surface area contributed by atoms with Crippen molar-refractivity contribution in [2.75, 3.05) is 19.8 Å². The largest absolute Gasteiger partial charge is 0.490 e. The van der Waals surface area contributed by atoms with Crippen LogP contribution in [0.25, 0.3) is 6.08 Å². The van der Waals surface area contributed by atoms with E-state index < -0.39 is 23.0 Å². The Labute approximate surface area is 221 Å². The van der Waals surface area contributed by atoms with Gasteiger partial charge >= 0.3 is 6.18 Å². The number of nitrogens with zero attached hydrogens (tertiary/aromatic N) is 3. The first-order chi connectivity index (χ1) is 18.1. The van der Waals surface area contributed by atoms with Crippen LogP contribution in [0.15, 0.2) is 52.1 Å². The van der Waals surface area contributed by atoms with Gasteiger partial charge in [0.05, 0.1) is 12.2 Å². The molecule has 0 aliphatic carbocycles. The van der Waals surface area contributed by atoms with Crippen molar-refractivity contribution >= 4 is 39.8 Å². The van der Waals surface area contributed by atoms with Gasteiger partial charge < -0.3 is 14.2 Å². The van der Waals surface area contributed by atoms with Gasteiger partial charge in [0.15, 0.2) is 17.3 Å². The molecule has 2 heterocycles. The summed E-state index contributed by atoms with van der Waals surface area (Å²) in [5, 5.41) is 10.9. The van der Waals surface area contributed by atoms with E-state index in [-0.39, 0.29) is 29.1 Å². The molecule has 1 amide bonds. The third kappa shape index (κ3) is 6.18. The highest BCUT2D eigenvalue weighted by atomic mass is 32.2. The van der Waals surface area contributed by atoms with Crippen LogP contribution in [0.3, 0.4) is 0 Å². The van der Waals surface area contributed by atoms with Gasteiger partial charge in [0.25, 0.3) is 5.91 Å². The molecule has 0 radical (unpaired) electrons. The van der Waals surface area contributed by atoms with E-state index in [1.54, 1.807) is 25.1 Å². The van der Waals surface area contributed by atoms with Crippen molar-refractivity contribution < 1.29 is 32.2 Å². The number of benzene rings is 2. The summed E-state index contributed by atoms with van der Waals surface area (Å²) in [5.74, 6) is 0.302. The second-order valence-electron chi connectivity index (χ2n) is 8.27. The van der Waals surface area contributed by atoms with Crippen molar-refractivity contribution in [1.29, 1.82) is 5.41 Å². The van der Waals surface area contributed by atoms with E-state index in [9.17, 15) is 18.0 Å². The summed E-state index contributed by atoms with van der Waals surface area (Å²) in [6.45, 7) is 6.81. The lowest BCUT2D eigenvalue weighted by Crippen LogP contribution is -2.35. The molecule has 2 aromatic rings. The van der Waals surface area contributed by atoms with E-state index in [2.05, 4.69) is 23.1 Å². The number of hydrazone groups is 1. The molecule has 0 saturated heterocycles. The second-order valence-corrected chi connectivity index (χ2v) is 9.22. The first-order valence-corrected chi connectivity index (χ1v) is 12.6. The number of thioether (sulfide) groups is 1. The molecule has 0 fully saturated rings. The number of hydrogen-bond donors (Lipinski definition) is 1. The predicted octanol–water partition coefficient (Wildman–Crippen LogP) is 5.60. The lowest BCUT2D eigenvalue weighted by molar-refractivity contribution is -0.114. The molecule has 38 heavy (non-hydrogen) atoms. The molecule has 2 aliphatic rings. The number of halogens is 3. The Balaban J connectivity index is 1.47. The third-order valence-electron chi connectivity index (χ3n) is 5.40. The van der Waals surface area contributed by atoms with Gasteiger partial charge in [-0.05, 0) is 79.1 Å². The van der Waals surface area contributed by atoms with Gasteiger partial charge in [-0.3, -0.25) is 10.2 Å². The molecule has 12 heteroatoms.